The minimum atomic E-state index is 0.852. The highest BCUT2D eigenvalue weighted by Gasteiger charge is 2.24. The lowest BCUT2D eigenvalue weighted by Gasteiger charge is -2.25. The van der Waals surface area contributed by atoms with Gasteiger partial charge >= 0.3 is 0 Å². The largest absolute Gasteiger partial charge is 0.300 e. The molecule has 1 aromatic rings. The van der Waals surface area contributed by atoms with E-state index >= 15 is 0 Å². The number of rotatable bonds is 1. The summed E-state index contributed by atoms with van der Waals surface area (Å²) >= 11 is 0. The molecule has 0 saturated carbocycles. The highest BCUT2D eigenvalue weighted by Crippen LogP contribution is 2.26. The second-order valence-corrected chi connectivity index (χ2v) is 5.75. The maximum absolute atomic E-state index is 2.73. The van der Waals surface area contributed by atoms with Crippen molar-refractivity contribution in [3.8, 4) is 0 Å². The third-order valence-corrected chi connectivity index (χ3v) is 4.51. The predicted molar refractivity (Wildman–Crippen MR) is 72.4 cm³/mol. The van der Waals surface area contributed by atoms with E-state index in [1.807, 2.05) is 0 Å². The monoisotopic (exact) mass is 229 g/mol. The summed E-state index contributed by atoms with van der Waals surface area (Å²) < 4.78 is 0. The first-order chi connectivity index (χ1) is 8.33. The molecule has 0 radical (unpaired) electrons. The van der Waals surface area contributed by atoms with E-state index in [1.165, 1.54) is 57.2 Å². The van der Waals surface area contributed by atoms with E-state index in [4.69, 9.17) is 0 Å². The maximum Gasteiger partial charge on any atom is 0.0102 e. The lowest BCUT2D eigenvalue weighted by Crippen LogP contribution is -2.32. The third-order valence-electron chi connectivity index (χ3n) is 4.51. The molecule has 92 valence electrons. The molecule has 1 aliphatic heterocycles. The molecule has 1 atom stereocenters. The first-order valence-corrected chi connectivity index (χ1v) is 7.15. The van der Waals surface area contributed by atoms with E-state index in [0.717, 1.165) is 6.04 Å². The van der Waals surface area contributed by atoms with Gasteiger partial charge in [-0.15, -0.1) is 0 Å². The van der Waals surface area contributed by atoms with Crippen molar-refractivity contribution in [2.75, 3.05) is 13.1 Å². The van der Waals surface area contributed by atoms with Crippen LogP contribution in [0.3, 0.4) is 0 Å². The van der Waals surface area contributed by atoms with E-state index in [9.17, 15) is 0 Å². The maximum atomic E-state index is 2.73. The van der Waals surface area contributed by atoms with Crippen molar-refractivity contribution in [3.05, 3.63) is 34.9 Å². The Morgan fingerprint density at radius 2 is 1.71 bits per heavy atom. The summed E-state index contributed by atoms with van der Waals surface area (Å²) in [6.07, 6.45) is 8.16. The van der Waals surface area contributed by atoms with Crippen molar-refractivity contribution in [1.82, 2.24) is 4.90 Å². The van der Waals surface area contributed by atoms with Gasteiger partial charge in [-0.25, -0.2) is 0 Å². The molecular weight excluding hydrogens is 206 g/mol. The normalized spacial score (nSPS) is 25.6. The topological polar surface area (TPSA) is 3.24 Å². The molecule has 1 saturated heterocycles. The molecule has 17 heavy (non-hydrogen) atoms. The summed E-state index contributed by atoms with van der Waals surface area (Å²) in [5.41, 5.74) is 4.65. The van der Waals surface area contributed by atoms with Crippen molar-refractivity contribution < 1.29 is 0 Å². The lowest BCUT2D eigenvalue weighted by atomic mass is 10.0. The SMILES string of the molecule is Cc1ccc2c(c1)CCC(N1CCCC1)CC2. The van der Waals surface area contributed by atoms with Crippen LogP contribution in [0, 0.1) is 6.92 Å². The van der Waals surface area contributed by atoms with E-state index in [-0.39, 0.29) is 0 Å². The van der Waals surface area contributed by atoms with Gasteiger partial charge in [0.2, 0.25) is 0 Å². The second-order valence-electron chi connectivity index (χ2n) is 5.75. The van der Waals surface area contributed by atoms with Crippen LogP contribution in [0.1, 0.15) is 42.4 Å². The van der Waals surface area contributed by atoms with Gasteiger partial charge in [0.1, 0.15) is 0 Å². The molecule has 1 aromatic carbocycles. The number of benzene rings is 1. The van der Waals surface area contributed by atoms with E-state index in [2.05, 4.69) is 30.0 Å². The number of fused-ring (bicyclic) bond motifs is 1. The Morgan fingerprint density at radius 1 is 1.00 bits per heavy atom. The Bertz CT molecular complexity index is 391. The van der Waals surface area contributed by atoms with Crippen molar-refractivity contribution in [3.63, 3.8) is 0 Å². The van der Waals surface area contributed by atoms with Crippen LogP contribution in [0.5, 0.6) is 0 Å². The Labute approximate surface area is 105 Å². The van der Waals surface area contributed by atoms with Crippen molar-refractivity contribution in [2.45, 2.75) is 51.5 Å². The molecule has 0 amide bonds. The molecule has 0 aromatic heterocycles. The number of hydrogen-bond acceptors (Lipinski definition) is 1. The number of nitrogens with zero attached hydrogens (tertiary/aromatic N) is 1. The molecule has 0 bridgehead atoms. The summed E-state index contributed by atoms with van der Waals surface area (Å²) in [6.45, 7) is 4.91. The molecule has 1 heterocycles. The standard InChI is InChI=1S/C16H23N/c1-13-4-5-14-6-8-16(9-7-15(14)12-13)17-10-2-3-11-17/h4-5,12,16H,2-3,6-11H2,1H3. The van der Waals surface area contributed by atoms with E-state index < -0.39 is 0 Å². The van der Waals surface area contributed by atoms with Gasteiger partial charge in [0.15, 0.2) is 0 Å². The fourth-order valence-electron chi connectivity index (χ4n) is 3.49. The Morgan fingerprint density at radius 3 is 2.47 bits per heavy atom. The van der Waals surface area contributed by atoms with Gasteiger partial charge in [-0.3, -0.25) is 0 Å². The van der Waals surface area contributed by atoms with Gasteiger partial charge in [-0.05, 0) is 69.7 Å². The number of aryl methyl sites for hydroxylation is 3. The van der Waals surface area contributed by atoms with Crippen LogP contribution < -0.4 is 0 Å². The van der Waals surface area contributed by atoms with Crippen LogP contribution >= 0.6 is 0 Å². The number of hydrogen-bond donors (Lipinski definition) is 0. The lowest BCUT2D eigenvalue weighted by molar-refractivity contribution is 0.222. The number of likely N-dealkylation sites (tertiary alicyclic amines) is 1. The molecule has 0 N–H and O–H groups in total. The fraction of sp³-hybridized carbons (Fsp3) is 0.625. The smallest absolute Gasteiger partial charge is 0.0102 e. The van der Waals surface area contributed by atoms with Gasteiger partial charge in [0.25, 0.3) is 0 Å². The Balaban J connectivity index is 1.74. The summed E-state index contributed by atoms with van der Waals surface area (Å²) in [6, 6.07) is 7.89. The van der Waals surface area contributed by atoms with Crippen LogP contribution in [0.25, 0.3) is 0 Å². The first kappa shape index (κ1) is 11.3. The van der Waals surface area contributed by atoms with Crippen molar-refractivity contribution in [1.29, 1.82) is 0 Å². The van der Waals surface area contributed by atoms with Crippen LogP contribution in [0.4, 0.5) is 0 Å². The Kier molecular flexibility index (Phi) is 3.19. The summed E-state index contributed by atoms with van der Waals surface area (Å²) in [5, 5.41) is 0. The van der Waals surface area contributed by atoms with Crippen LogP contribution in [0.15, 0.2) is 18.2 Å². The minimum Gasteiger partial charge on any atom is -0.300 e. The molecule has 1 heteroatoms. The summed E-state index contributed by atoms with van der Waals surface area (Å²) in [5.74, 6) is 0. The Hall–Kier alpha value is -0.820. The second kappa shape index (κ2) is 4.81. The summed E-state index contributed by atoms with van der Waals surface area (Å²) in [4.78, 5) is 2.73. The first-order valence-electron chi connectivity index (χ1n) is 7.15. The van der Waals surface area contributed by atoms with Gasteiger partial charge in [-0.2, -0.15) is 0 Å². The zero-order valence-corrected chi connectivity index (χ0v) is 10.9. The zero-order valence-electron chi connectivity index (χ0n) is 10.9. The molecule has 1 nitrogen and oxygen atoms in total. The van der Waals surface area contributed by atoms with Gasteiger partial charge in [0.05, 0.1) is 0 Å². The molecule has 3 rings (SSSR count). The predicted octanol–water partition coefficient (Wildman–Crippen LogP) is 3.34. The zero-order chi connectivity index (χ0) is 11.7. The molecule has 1 fully saturated rings. The summed E-state index contributed by atoms with van der Waals surface area (Å²) in [7, 11) is 0. The van der Waals surface area contributed by atoms with Gasteiger partial charge < -0.3 is 4.90 Å². The van der Waals surface area contributed by atoms with Crippen LogP contribution in [0.2, 0.25) is 0 Å². The van der Waals surface area contributed by atoms with Crippen LogP contribution in [-0.4, -0.2) is 24.0 Å². The van der Waals surface area contributed by atoms with Crippen molar-refractivity contribution in [2.24, 2.45) is 0 Å². The highest BCUT2D eigenvalue weighted by molar-refractivity contribution is 5.32. The average molecular weight is 229 g/mol. The molecule has 1 aliphatic carbocycles. The van der Waals surface area contributed by atoms with E-state index in [1.54, 1.807) is 11.1 Å². The minimum absolute atomic E-state index is 0.852. The molecule has 0 spiro atoms. The van der Waals surface area contributed by atoms with Gasteiger partial charge in [0, 0.05) is 6.04 Å². The molecule has 2 aliphatic rings. The third kappa shape index (κ3) is 2.40. The quantitative estimate of drug-likeness (QED) is 0.668. The van der Waals surface area contributed by atoms with E-state index in [0.29, 0.717) is 0 Å². The highest BCUT2D eigenvalue weighted by atomic mass is 15.2. The molecule has 1 unspecified atom stereocenters. The van der Waals surface area contributed by atoms with Gasteiger partial charge in [-0.1, -0.05) is 23.8 Å². The van der Waals surface area contributed by atoms with Crippen molar-refractivity contribution >= 4 is 0 Å². The van der Waals surface area contributed by atoms with Crippen LogP contribution in [-0.2, 0) is 12.8 Å². The molecular formula is C16H23N. The average Bonchev–Trinajstić information content (AvgIpc) is 2.77. The fourth-order valence-corrected chi connectivity index (χ4v) is 3.49.